The Kier molecular flexibility index (Phi) is 2.72. The molecule has 0 unspecified atom stereocenters. The molecule has 0 fully saturated rings. The third kappa shape index (κ3) is 2.20. The summed E-state index contributed by atoms with van der Waals surface area (Å²) in [4.78, 5) is 18.3. The summed E-state index contributed by atoms with van der Waals surface area (Å²) in [7, 11) is 0. The fourth-order valence-electron chi connectivity index (χ4n) is 2.07. The van der Waals surface area contributed by atoms with Crippen molar-refractivity contribution in [3.63, 3.8) is 0 Å². The Labute approximate surface area is 105 Å². The van der Waals surface area contributed by atoms with Crippen LogP contribution < -0.4 is 10.6 Å². The van der Waals surface area contributed by atoms with Gasteiger partial charge >= 0.3 is 0 Å². The number of carbonyl (C=O) groups excluding carboxylic acids is 1. The van der Waals surface area contributed by atoms with Gasteiger partial charge in [0.1, 0.15) is 0 Å². The van der Waals surface area contributed by atoms with E-state index in [1.54, 1.807) is 12.5 Å². The number of hydrogen-bond donors (Lipinski definition) is 3. The Morgan fingerprint density at radius 2 is 2.28 bits per heavy atom. The van der Waals surface area contributed by atoms with Crippen LogP contribution in [0.2, 0.25) is 0 Å². The smallest absolute Gasteiger partial charge is 0.224 e. The van der Waals surface area contributed by atoms with Crippen molar-refractivity contribution in [3.05, 3.63) is 42.0 Å². The van der Waals surface area contributed by atoms with Crippen molar-refractivity contribution in [3.8, 4) is 0 Å². The number of rotatable bonds is 3. The number of anilines is 2. The van der Waals surface area contributed by atoms with Gasteiger partial charge in [-0.15, -0.1) is 0 Å². The van der Waals surface area contributed by atoms with Crippen molar-refractivity contribution in [1.82, 2.24) is 9.97 Å². The summed E-state index contributed by atoms with van der Waals surface area (Å²) in [6.45, 7) is 0.713. The first-order valence-corrected chi connectivity index (χ1v) is 5.95. The van der Waals surface area contributed by atoms with Gasteiger partial charge in [-0.1, -0.05) is 0 Å². The highest BCUT2D eigenvalue weighted by atomic mass is 16.1. The largest absolute Gasteiger partial charge is 0.379 e. The lowest BCUT2D eigenvalue weighted by molar-refractivity contribution is -0.116. The predicted molar refractivity (Wildman–Crippen MR) is 69.3 cm³/mol. The number of nitrogens with one attached hydrogen (secondary N) is 3. The quantitative estimate of drug-likeness (QED) is 0.770. The van der Waals surface area contributed by atoms with Gasteiger partial charge in [-0.05, 0) is 30.2 Å². The first-order valence-electron chi connectivity index (χ1n) is 5.95. The molecule has 3 rings (SSSR count). The molecule has 5 heteroatoms. The Bertz CT molecular complexity index is 562. The van der Waals surface area contributed by atoms with Crippen molar-refractivity contribution >= 4 is 17.3 Å². The standard InChI is InChI=1S/C13H14N4O/c18-13-4-1-9-5-10(2-3-12(9)17-13)15-7-11-6-14-8-16-11/h2-3,5-6,8,15H,1,4,7H2,(H,14,16)(H,17,18). The van der Waals surface area contributed by atoms with Crippen LogP contribution in [-0.4, -0.2) is 15.9 Å². The molecule has 0 saturated heterocycles. The Morgan fingerprint density at radius 3 is 3.11 bits per heavy atom. The van der Waals surface area contributed by atoms with E-state index in [1.165, 1.54) is 5.56 Å². The van der Waals surface area contributed by atoms with Crippen molar-refractivity contribution < 1.29 is 4.79 Å². The second-order valence-corrected chi connectivity index (χ2v) is 4.35. The van der Waals surface area contributed by atoms with E-state index in [-0.39, 0.29) is 5.91 Å². The zero-order chi connectivity index (χ0) is 12.4. The van der Waals surface area contributed by atoms with Crippen LogP contribution in [0.4, 0.5) is 11.4 Å². The summed E-state index contributed by atoms with van der Waals surface area (Å²) in [6, 6.07) is 6.01. The molecule has 1 amide bonds. The van der Waals surface area contributed by atoms with Gasteiger partial charge < -0.3 is 15.6 Å². The molecule has 3 N–H and O–H groups in total. The lowest BCUT2D eigenvalue weighted by Crippen LogP contribution is -2.18. The van der Waals surface area contributed by atoms with Gasteiger partial charge in [0.05, 0.1) is 18.6 Å². The lowest BCUT2D eigenvalue weighted by atomic mass is 10.0. The molecule has 0 radical (unpaired) electrons. The Balaban J connectivity index is 1.72. The number of fused-ring (bicyclic) bond motifs is 1. The third-order valence-electron chi connectivity index (χ3n) is 3.04. The van der Waals surface area contributed by atoms with Gasteiger partial charge in [0.15, 0.2) is 0 Å². The van der Waals surface area contributed by atoms with E-state index in [0.717, 1.165) is 23.5 Å². The Morgan fingerprint density at radius 1 is 1.33 bits per heavy atom. The highest BCUT2D eigenvalue weighted by molar-refractivity contribution is 5.94. The minimum Gasteiger partial charge on any atom is -0.379 e. The molecule has 0 saturated carbocycles. The third-order valence-corrected chi connectivity index (χ3v) is 3.04. The number of aromatic amines is 1. The van der Waals surface area contributed by atoms with Crippen LogP contribution in [0.5, 0.6) is 0 Å². The van der Waals surface area contributed by atoms with Crippen LogP contribution in [-0.2, 0) is 17.8 Å². The molecule has 5 nitrogen and oxygen atoms in total. The zero-order valence-electron chi connectivity index (χ0n) is 9.86. The van der Waals surface area contributed by atoms with Gasteiger partial charge in [-0.25, -0.2) is 4.98 Å². The summed E-state index contributed by atoms with van der Waals surface area (Å²) in [5.41, 5.74) is 4.21. The summed E-state index contributed by atoms with van der Waals surface area (Å²) in [5.74, 6) is 0.0978. The van der Waals surface area contributed by atoms with E-state index >= 15 is 0 Å². The van der Waals surface area contributed by atoms with E-state index in [4.69, 9.17) is 0 Å². The van der Waals surface area contributed by atoms with Crippen molar-refractivity contribution in [2.75, 3.05) is 10.6 Å². The maximum absolute atomic E-state index is 11.3. The van der Waals surface area contributed by atoms with E-state index in [0.29, 0.717) is 13.0 Å². The second-order valence-electron chi connectivity index (χ2n) is 4.35. The van der Waals surface area contributed by atoms with Crippen LogP contribution in [0.15, 0.2) is 30.7 Å². The summed E-state index contributed by atoms with van der Waals surface area (Å²) in [6.07, 6.45) is 4.84. The van der Waals surface area contributed by atoms with Crippen LogP contribution in [0.1, 0.15) is 17.7 Å². The average Bonchev–Trinajstić information content (AvgIpc) is 2.89. The van der Waals surface area contributed by atoms with Gasteiger partial charge in [0.2, 0.25) is 5.91 Å². The van der Waals surface area contributed by atoms with Gasteiger partial charge in [0.25, 0.3) is 0 Å². The minimum atomic E-state index is 0.0978. The normalized spacial score (nSPS) is 13.9. The van der Waals surface area contributed by atoms with Crippen LogP contribution in [0, 0.1) is 0 Å². The number of benzene rings is 1. The summed E-state index contributed by atoms with van der Waals surface area (Å²) in [5, 5.41) is 6.20. The molecule has 18 heavy (non-hydrogen) atoms. The van der Waals surface area contributed by atoms with Crippen LogP contribution in [0.25, 0.3) is 0 Å². The molecule has 2 aromatic rings. The van der Waals surface area contributed by atoms with Gasteiger partial charge in [-0.2, -0.15) is 0 Å². The summed E-state index contributed by atoms with van der Waals surface area (Å²) >= 11 is 0. The van der Waals surface area contributed by atoms with Crippen LogP contribution >= 0.6 is 0 Å². The van der Waals surface area contributed by atoms with E-state index in [1.807, 2.05) is 12.1 Å². The monoisotopic (exact) mass is 242 g/mol. The fraction of sp³-hybridized carbons (Fsp3) is 0.231. The molecule has 0 atom stereocenters. The highest BCUT2D eigenvalue weighted by Gasteiger charge is 2.14. The van der Waals surface area contributed by atoms with Gasteiger partial charge in [-0.3, -0.25) is 4.79 Å². The van der Waals surface area contributed by atoms with Crippen molar-refractivity contribution in [2.45, 2.75) is 19.4 Å². The zero-order valence-corrected chi connectivity index (χ0v) is 9.86. The highest BCUT2D eigenvalue weighted by Crippen LogP contribution is 2.25. The second kappa shape index (κ2) is 4.52. The fourth-order valence-corrected chi connectivity index (χ4v) is 2.07. The molecule has 0 bridgehead atoms. The molecular formula is C13H14N4O. The number of aromatic nitrogens is 2. The number of amides is 1. The molecule has 0 spiro atoms. The number of H-pyrrole nitrogens is 1. The molecule has 1 aromatic carbocycles. The number of carbonyl (C=O) groups is 1. The molecular weight excluding hydrogens is 228 g/mol. The van der Waals surface area contributed by atoms with E-state index in [2.05, 4.69) is 26.7 Å². The average molecular weight is 242 g/mol. The van der Waals surface area contributed by atoms with E-state index in [9.17, 15) is 4.79 Å². The number of nitrogens with zero attached hydrogens (tertiary/aromatic N) is 1. The summed E-state index contributed by atoms with van der Waals surface area (Å²) < 4.78 is 0. The molecule has 2 heterocycles. The predicted octanol–water partition coefficient (Wildman–Crippen LogP) is 1.91. The molecule has 1 aromatic heterocycles. The topological polar surface area (TPSA) is 69.8 Å². The van der Waals surface area contributed by atoms with E-state index < -0.39 is 0 Å². The van der Waals surface area contributed by atoms with Crippen LogP contribution in [0.3, 0.4) is 0 Å². The SMILES string of the molecule is O=C1CCc2cc(NCc3cnc[nH]3)ccc2N1. The maximum Gasteiger partial charge on any atom is 0.224 e. The first kappa shape index (κ1) is 10.8. The molecule has 1 aliphatic heterocycles. The lowest BCUT2D eigenvalue weighted by Gasteiger charge is -2.17. The first-order chi connectivity index (χ1) is 8.81. The number of aryl methyl sites for hydroxylation is 1. The van der Waals surface area contributed by atoms with Gasteiger partial charge in [0, 0.05) is 24.0 Å². The Hall–Kier alpha value is -2.30. The maximum atomic E-state index is 11.3. The van der Waals surface area contributed by atoms with Crippen molar-refractivity contribution in [1.29, 1.82) is 0 Å². The molecule has 92 valence electrons. The molecule has 0 aliphatic carbocycles. The molecule has 1 aliphatic rings. The number of imidazole rings is 1. The minimum absolute atomic E-state index is 0.0978. The number of hydrogen-bond acceptors (Lipinski definition) is 3. The van der Waals surface area contributed by atoms with Crippen molar-refractivity contribution in [2.24, 2.45) is 0 Å².